The Morgan fingerprint density at radius 1 is 1.62 bits per heavy atom. The number of hydrogen-bond donors (Lipinski definition) is 1. The lowest BCUT2D eigenvalue weighted by atomic mass is 10.5. The van der Waals surface area contributed by atoms with Crippen LogP contribution in [0.4, 0.5) is 0 Å². The van der Waals surface area contributed by atoms with Gasteiger partial charge in [-0.25, -0.2) is 4.31 Å². The third-order valence-electron chi connectivity index (χ3n) is 1.18. The predicted molar refractivity (Wildman–Crippen MR) is 42.5 cm³/mol. The van der Waals surface area contributed by atoms with Crippen molar-refractivity contribution in [3.05, 3.63) is 0 Å². The second-order valence-corrected chi connectivity index (χ2v) is 3.47. The van der Waals surface area contributed by atoms with Crippen LogP contribution < -0.4 is 0 Å². The molecule has 1 nitrogen and oxygen atoms in total. The van der Waals surface area contributed by atoms with Crippen LogP contribution in [0, 0.1) is 0 Å². The molecule has 0 amide bonds. The Hall–Kier alpha value is 0.660. The van der Waals surface area contributed by atoms with Crippen molar-refractivity contribution in [2.24, 2.45) is 0 Å². The standard InChI is InChI=1S/C5H11NS2/c7-4-3-6-2-1-5-8-6/h7H,1-5H2. The molecular weight excluding hydrogens is 138 g/mol. The van der Waals surface area contributed by atoms with E-state index >= 15 is 0 Å². The van der Waals surface area contributed by atoms with Gasteiger partial charge < -0.3 is 0 Å². The highest BCUT2D eigenvalue weighted by Gasteiger charge is 2.09. The third-order valence-corrected chi connectivity index (χ3v) is 2.58. The van der Waals surface area contributed by atoms with E-state index in [1.165, 1.54) is 18.7 Å². The molecule has 0 saturated carbocycles. The van der Waals surface area contributed by atoms with E-state index in [4.69, 9.17) is 0 Å². The van der Waals surface area contributed by atoms with Gasteiger partial charge in [-0.1, -0.05) is 11.9 Å². The first-order valence-electron chi connectivity index (χ1n) is 2.92. The fraction of sp³-hybridized carbons (Fsp3) is 1.00. The first-order valence-corrected chi connectivity index (χ1v) is 4.49. The van der Waals surface area contributed by atoms with Crippen LogP contribution in [0.1, 0.15) is 6.42 Å². The van der Waals surface area contributed by atoms with Gasteiger partial charge in [0.25, 0.3) is 0 Å². The van der Waals surface area contributed by atoms with Gasteiger partial charge in [-0.15, -0.1) is 0 Å². The van der Waals surface area contributed by atoms with E-state index in [0.717, 1.165) is 12.3 Å². The Morgan fingerprint density at radius 3 is 3.00 bits per heavy atom. The smallest absolute Gasteiger partial charge is 0.0178 e. The van der Waals surface area contributed by atoms with Crippen LogP contribution in [-0.4, -0.2) is 28.9 Å². The fourth-order valence-corrected chi connectivity index (χ4v) is 2.16. The molecule has 0 bridgehead atoms. The van der Waals surface area contributed by atoms with Gasteiger partial charge in [-0.2, -0.15) is 12.6 Å². The molecule has 0 aliphatic carbocycles. The van der Waals surface area contributed by atoms with E-state index < -0.39 is 0 Å². The van der Waals surface area contributed by atoms with Crippen LogP contribution in [0.2, 0.25) is 0 Å². The number of hydrogen-bond acceptors (Lipinski definition) is 3. The minimum atomic E-state index is 0.993. The second kappa shape index (κ2) is 3.64. The van der Waals surface area contributed by atoms with Gasteiger partial charge in [-0.05, 0) is 6.42 Å². The van der Waals surface area contributed by atoms with Crippen molar-refractivity contribution in [2.75, 3.05) is 24.6 Å². The van der Waals surface area contributed by atoms with Crippen LogP contribution >= 0.6 is 24.6 Å². The molecule has 3 heteroatoms. The molecule has 1 aliphatic rings. The molecular formula is C5H11NS2. The van der Waals surface area contributed by atoms with E-state index in [-0.39, 0.29) is 0 Å². The summed E-state index contributed by atoms with van der Waals surface area (Å²) in [6, 6.07) is 0. The summed E-state index contributed by atoms with van der Waals surface area (Å²) in [7, 11) is 0. The van der Waals surface area contributed by atoms with Crippen LogP contribution in [0.25, 0.3) is 0 Å². The Balaban J connectivity index is 2.06. The topological polar surface area (TPSA) is 3.24 Å². The minimum absolute atomic E-state index is 0.993. The van der Waals surface area contributed by atoms with E-state index in [0.29, 0.717) is 0 Å². The maximum absolute atomic E-state index is 4.14. The molecule has 0 unspecified atom stereocenters. The lowest BCUT2D eigenvalue weighted by Crippen LogP contribution is -2.13. The summed E-state index contributed by atoms with van der Waals surface area (Å²) in [5.41, 5.74) is 0. The molecule has 0 aromatic carbocycles. The van der Waals surface area contributed by atoms with E-state index in [2.05, 4.69) is 16.9 Å². The first-order chi connectivity index (χ1) is 3.93. The first kappa shape index (κ1) is 6.78. The molecule has 8 heavy (non-hydrogen) atoms. The van der Waals surface area contributed by atoms with E-state index in [9.17, 15) is 0 Å². The normalized spacial score (nSPS) is 22.1. The Bertz CT molecular complexity index is 61.4. The van der Waals surface area contributed by atoms with Gasteiger partial charge in [0.05, 0.1) is 0 Å². The quantitative estimate of drug-likeness (QED) is 0.465. The second-order valence-electron chi connectivity index (χ2n) is 1.84. The summed E-state index contributed by atoms with van der Waals surface area (Å²) in [5, 5.41) is 0. The Labute approximate surface area is 60.4 Å². The van der Waals surface area contributed by atoms with Crippen LogP contribution in [0.5, 0.6) is 0 Å². The molecule has 1 fully saturated rings. The lowest BCUT2D eigenvalue weighted by molar-refractivity contribution is 0.528. The molecule has 1 aliphatic heterocycles. The molecule has 0 N–H and O–H groups in total. The molecule has 0 aromatic rings. The summed E-state index contributed by atoms with van der Waals surface area (Å²) in [4.78, 5) is 0. The summed E-state index contributed by atoms with van der Waals surface area (Å²) < 4.78 is 2.38. The number of rotatable bonds is 2. The molecule has 0 aromatic heterocycles. The largest absolute Gasteiger partial charge is 0.250 e. The number of nitrogens with zero attached hydrogens (tertiary/aromatic N) is 1. The maximum Gasteiger partial charge on any atom is 0.0178 e. The minimum Gasteiger partial charge on any atom is -0.250 e. The van der Waals surface area contributed by atoms with Crippen molar-refractivity contribution in [3.63, 3.8) is 0 Å². The summed E-state index contributed by atoms with van der Waals surface area (Å²) in [5.74, 6) is 2.31. The molecule has 1 rings (SSSR count). The van der Waals surface area contributed by atoms with Crippen molar-refractivity contribution in [1.82, 2.24) is 4.31 Å². The van der Waals surface area contributed by atoms with Gasteiger partial charge >= 0.3 is 0 Å². The molecule has 1 saturated heterocycles. The predicted octanol–water partition coefficient (Wildman–Crippen LogP) is 1.27. The summed E-state index contributed by atoms with van der Waals surface area (Å²) in [6.45, 7) is 2.42. The van der Waals surface area contributed by atoms with Crippen LogP contribution in [0.15, 0.2) is 0 Å². The SMILES string of the molecule is SCCN1CCCS1. The lowest BCUT2D eigenvalue weighted by Gasteiger charge is -2.09. The van der Waals surface area contributed by atoms with Crippen LogP contribution in [-0.2, 0) is 0 Å². The van der Waals surface area contributed by atoms with Crippen molar-refractivity contribution in [1.29, 1.82) is 0 Å². The highest BCUT2D eigenvalue weighted by atomic mass is 32.2. The fourth-order valence-electron chi connectivity index (χ4n) is 0.787. The zero-order chi connectivity index (χ0) is 5.82. The van der Waals surface area contributed by atoms with Crippen molar-refractivity contribution in [2.45, 2.75) is 6.42 Å². The Morgan fingerprint density at radius 2 is 2.50 bits per heavy atom. The average molecular weight is 149 g/mol. The van der Waals surface area contributed by atoms with Gasteiger partial charge in [0.1, 0.15) is 0 Å². The highest BCUT2D eigenvalue weighted by Crippen LogP contribution is 2.18. The van der Waals surface area contributed by atoms with Gasteiger partial charge in [-0.3, -0.25) is 0 Å². The zero-order valence-corrected chi connectivity index (χ0v) is 6.55. The molecule has 48 valence electrons. The molecule has 0 spiro atoms. The van der Waals surface area contributed by atoms with Gasteiger partial charge in [0.15, 0.2) is 0 Å². The molecule has 0 radical (unpaired) electrons. The average Bonchev–Trinajstić information content (AvgIpc) is 2.19. The third kappa shape index (κ3) is 1.88. The zero-order valence-electron chi connectivity index (χ0n) is 4.84. The van der Waals surface area contributed by atoms with Gasteiger partial charge in [0, 0.05) is 24.6 Å². The van der Waals surface area contributed by atoms with Crippen LogP contribution in [0.3, 0.4) is 0 Å². The van der Waals surface area contributed by atoms with Crippen molar-refractivity contribution < 1.29 is 0 Å². The monoisotopic (exact) mass is 149 g/mol. The van der Waals surface area contributed by atoms with E-state index in [1.54, 1.807) is 0 Å². The Kier molecular flexibility index (Phi) is 3.08. The number of thiol groups is 1. The molecule has 0 atom stereocenters. The molecule has 1 heterocycles. The maximum atomic E-state index is 4.14. The highest BCUT2D eigenvalue weighted by molar-refractivity contribution is 7.97. The van der Waals surface area contributed by atoms with E-state index in [1.807, 2.05) is 11.9 Å². The summed E-state index contributed by atoms with van der Waals surface area (Å²) in [6.07, 6.45) is 1.36. The van der Waals surface area contributed by atoms with Gasteiger partial charge in [0.2, 0.25) is 0 Å². The van der Waals surface area contributed by atoms with Crippen molar-refractivity contribution >= 4 is 24.6 Å². The summed E-state index contributed by atoms with van der Waals surface area (Å²) >= 11 is 6.09. The van der Waals surface area contributed by atoms with Crippen molar-refractivity contribution in [3.8, 4) is 0 Å².